The van der Waals surface area contributed by atoms with Crippen LogP contribution in [0.4, 0.5) is 0 Å². The van der Waals surface area contributed by atoms with Crippen LogP contribution in [0.2, 0.25) is 0 Å². The monoisotopic (exact) mass is 343 g/mol. The second-order valence-corrected chi connectivity index (χ2v) is 5.27. The van der Waals surface area contributed by atoms with Crippen LogP contribution in [0.5, 0.6) is 5.75 Å². The third-order valence-corrected chi connectivity index (χ3v) is 3.00. The molecule has 7 nitrogen and oxygen atoms in total. The summed E-state index contributed by atoms with van der Waals surface area (Å²) < 4.78 is 14.8. The molecule has 7 heteroatoms. The smallest absolute Gasteiger partial charge is 0.362 e. The van der Waals surface area contributed by atoms with Gasteiger partial charge in [0.05, 0.1) is 18.8 Å². The molecule has 2 rings (SSSR count). The van der Waals surface area contributed by atoms with Crippen LogP contribution < -0.4 is 4.74 Å². The predicted molar refractivity (Wildman–Crippen MR) is 87.5 cm³/mol. The van der Waals surface area contributed by atoms with Crippen molar-refractivity contribution in [3.63, 3.8) is 0 Å². The van der Waals surface area contributed by atoms with Crippen LogP contribution in [0.25, 0.3) is 0 Å². The molecule has 0 atom stereocenters. The highest BCUT2D eigenvalue weighted by Crippen LogP contribution is 2.15. The molecule has 0 saturated heterocycles. The van der Waals surface area contributed by atoms with E-state index in [0.717, 1.165) is 0 Å². The van der Waals surface area contributed by atoms with Crippen LogP contribution in [0.15, 0.2) is 42.5 Å². The van der Waals surface area contributed by atoms with E-state index in [1.807, 2.05) is 0 Å². The molecule has 25 heavy (non-hydrogen) atoms. The lowest BCUT2D eigenvalue weighted by Gasteiger charge is -2.08. The second-order valence-electron chi connectivity index (χ2n) is 5.27. The molecule has 0 amide bonds. The Balaban J connectivity index is 2.10. The van der Waals surface area contributed by atoms with Gasteiger partial charge in [-0.1, -0.05) is 6.07 Å². The summed E-state index contributed by atoms with van der Waals surface area (Å²) >= 11 is 0. The number of pyridine rings is 1. The number of benzene rings is 1. The van der Waals surface area contributed by atoms with Crippen molar-refractivity contribution in [2.75, 3.05) is 7.11 Å². The Morgan fingerprint density at radius 3 is 2.04 bits per heavy atom. The Bertz CT molecular complexity index is 782. The van der Waals surface area contributed by atoms with E-state index in [1.165, 1.54) is 49.6 Å². The maximum atomic E-state index is 12.2. The van der Waals surface area contributed by atoms with Gasteiger partial charge in [-0.3, -0.25) is 0 Å². The predicted octanol–water partition coefficient (Wildman–Crippen LogP) is 2.65. The second kappa shape index (κ2) is 8.05. The topological polar surface area (TPSA) is 91.8 Å². The van der Waals surface area contributed by atoms with Crippen molar-refractivity contribution < 1.29 is 28.6 Å². The SMILES string of the molecule is COC(=O)c1ccc(OC(=O)c2cccc(C(=O)OC(C)C)n2)cc1. The van der Waals surface area contributed by atoms with E-state index in [9.17, 15) is 14.4 Å². The maximum Gasteiger partial charge on any atom is 0.362 e. The first-order chi connectivity index (χ1) is 11.9. The first-order valence-corrected chi connectivity index (χ1v) is 7.49. The van der Waals surface area contributed by atoms with Crippen molar-refractivity contribution in [3.8, 4) is 5.75 Å². The molecular formula is C18H17NO6. The molecule has 1 aromatic heterocycles. The minimum Gasteiger partial charge on any atom is -0.465 e. The lowest BCUT2D eigenvalue weighted by molar-refractivity contribution is 0.0370. The van der Waals surface area contributed by atoms with Crippen LogP contribution in [-0.4, -0.2) is 36.1 Å². The molecule has 0 N–H and O–H groups in total. The maximum absolute atomic E-state index is 12.2. The standard InChI is InChI=1S/C18H17NO6/c1-11(2)24-17(21)14-5-4-6-15(19-14)18(22)25-13-9-7-12(8-10-13)16(20)23-3/h4-11H,1-3H3. The third kappa shape index (κ3) is 4.87. The minimum atomic E-state index is -0.731. The van der Waals surface area contributed by atoms with Gasteiger partial charge in [0, 0.05) is 0 Å². The van der Waals surface area contributed by atoms with Gasteiger partial charge in [0.25, 0.3) is 0 Å². The molecule has 2 aromatic rings. The van der Waals surface area contributed by atoms with Crippen LogP contribution in [0, 0.1) is 0 Å². The molecule has 0 aliphatic heterocycles. The van der Waals surface area contributed by atoms with Crippen LogP contribution >= 0.6 is 0 Å². The van der Waals surface area contributed by atoms with Crippen LogP contribution in [-0.2, 0) is 9.47 Å². The highest BCUT2D eigenvalue weighted by atomic mass is 16.5. The fourth-order valence-corrected chi connectivity index (χ4v) is 1.87. The van der Waals surface area contributed by atoms with Gasteiger partial charge in [0.2, 0.25) is 0 Å². The van der Waals surface area contributed by atoms with Gasteiger partial charge >= 0.3 is 17.9 Å². The third-order valence-electron chi connectivity index (χ3n) is 3.00. The van der Waals surface area contributed by atoms with Crippen LogP contribution in [0.1, 0.15) is 45.2 Å². The largest absolute Gasteiger partial charge is 0.465 e. The van der Waals surface area contributed by atoms with Gasteiger partial charge in [-0.05, 0) is 50.2 Å². The molecule has 1 heterocycles. The summed E-state index contributed by atoms with van der Waals surface area (Å²) in [5.41, 5.74) is 0.318. The molecule has 130 valence electrons. The van der Waals surface area contributed by atoms with E-state index in [0.29, 0.717) is 5.56 Å². The number of esters is 3. The molecule has 0 unspecified atom stereocenters. The zero-order chi connectivity index (χ0) is 18.4. The average molecular weight is 343 g/mol. The van der Waals surface area contributed by atoms with Crippen LogP contribution in [0.3, 0.4) is 0 Å². The number of carbonyl (C=O) groups excluding carboxylic acids is 3. The van der Waals surface area contributed by atoms with E-state index in [1.54, 1.807) is 13.8 Å². The van der Waals surface area contributed by atoms with Gasteiger partial charge in [-0.2, -0.15) is 0 Å². The van der Waals surface area contributed by atoms with Crippen molar-refractivity contribution in [2.45, 2.75) is 20.0 Å². The number of hydrogen-bond donors (Lipinski definition) is 0. The summed E-state index contributed by atoms with van der Waals surface area (Å²) in [7, 11) is 1.28. The summed E-state index contributed by atoms with van der Waals surface area (Å²) in [6, 6.07) is 10.3. The van der Waals surface area contributed by atoms with Gasteiger partial charge in [0.1, 0.15) is 17.1 Å². The zero-order valence-electron chi connectivity index (χ0n) is 14.0. The fraction of sp³-hybridized carbons (Fsp3) is 0.222. The van der Waals surface area contributed by atoms with Crippen molar-refractivity contribution in [1.29, 1.82) is 0 Å². The summed E-state index contributed by atoms with van der Waals surface area (Å²) in [5, 5.41) is 0. The first kappa shape index (κ1) is 18.1. The average Bonchev–Trinajstić information content (AvgIpc) is 2.61. The van der Waals surface area contributed by atoms with Gasteiger partial charge in [0.15, 0.2) is 0 Å². The van der Waals surface area contributed by atoms with Crippen molar-refractivity contribution >= 4 is 17.9 Å². The van der Waals surface area contributed by atoms with E-state index in [-0.39, 0.29) is 23.2 Å². The van der Waals surface area contributed by atoms with Gasteiger partial charge in [-0.25, -0.2) is 19.4 Å². The molecule has 0 aliphatic carbocycles. The van der Waals surface area contributed by atoms with Gasteiger partial charge in [-0.15, -0.1) is 0 Å². The van der Waals surface area contributed by atoms with E-state index >= 15 is 0 Å². The molecular weight excluding hydrogens is 326 g/mol. The molecule has 1 aromatic carbocycles. The quantitative estimate of drug-likeness (QED) is 0.609. The Morgan fingerprint density at radius 1 is 0.880 bits per heavy atom. The Labute approximate surface area is 144 Å². The summed E-state index contributed by atoms with van der Waals surface area (Å²) in [5.74, 6) is -1.61. The molecule has 0 radical (unpaired) electrons. The zero-order valence-corrected chi connectivity index (χ0v) is 14.0. The van der Waals surface area contributed by atoms with E-state index < -0.39 is 17.9 Å². The summed E-state index contributed by atoms with van der Waals surface area (Å²) in [4.78, 5) is 39.3. The van der Waals surface area contributed by atoms with Gasteiger partial charge < -0.3 is 14.2 Å². The Hall–Kier alpha value is -3.22. The Kier molecular flexibility index (Phi) is 5.84. The lowest BCUT2D eigenvalue weighted by Crippen LogP contribution is -2.16. The number of nitrogens with zero attached hydrogens (tertiary/aromatic N) is 1. The van der Waals surface area contributed by atoms with Crippen molar-refractivity contribution in [1.82, 2.24) is 4.98 Å². The summed E-state index contributed by atoms with van der Waals surface area (Å²) in [6.45, 7) is 3.43. The number of carbonyl (C=O) groups is 3. The van der Waals surface area contributed by atoms with E-state index in [2.05, 4.69) is 9.72 Å². The highest BCUT2D eigenvalue weighted by Gasteiger charge is 2.16. The van der Waals surface area contributed by atoms with Crippen molar-refractivity contribution in [2.24, 2.45) is 0 Å². The summed E-state index contributed by atoms with van der Waals surface area (Å²) in [6.07, 6.45) is -0.293. The number of ether oxygens (including phenoxy) is 3. The Morgan fingerprint density at radius 2 is 1.48 bits per heavy atom. The molecule has 0 spiro atoms. The molecule has 0 bridgehead atoms. The van der Waals surface area contributed by atoms with E-state index in [4.69, 9.17) is 9.47 Å². The normalized spacial score (nSPS) is 10.2. The highest BCUT2D eigenvalue weighted by molar-refractivity contribution is 5.93. The minimum absolute atomic E-state index is 0.0178. The first-order valence-electron chi connectivity index (χ1n) is 7.49. The fourth-order valence-electron chi connectivity index (χ4n) is 1.87. The molecule has 0 fully saturated rings. The number of aromatic nitrogens is 1. The number of rotatable bonds is 5. The number of hydrogen-bond acceptors (Lipinski definition) is 7. The lowest BCUT2D eigenvalue weighted by atomic mass is 10.2. The molecule has 0 aliphatic rings. The number of methoxy groups -OCH3 is 1. The van der Waals surface area contributed by atoms with Crippen molar-refractivity contribution in [3.05, 3.63) is 59.4 Å². The molecule has 0 saturated carbocycles.